The molecule has 1 atom stereocenters. The number of hydrogen-bond acceptors (Lipinski definition) is 4. The van der Waals surface area contributed by atoms with Gasteiger partial charge in [0, 0.05) is 17.1 Å². The predicted octanol–water partition coefficient (Wildman–Crippen LogP) is -0.227. The molecule has 0 spiro atoms. The summed E-state index contributed by atoms with van der Waals surface area (Å²) in [7, 11) is 1.34. The summed E-state index contributed by atoms with van der Waals surface area (Å²) < 4.78 is 4.61. The second-order valence-electron chi connectivity index (χ2n) is 2.08. The van der Waals surface area contributed by atoms with Crippen molar-refractivity contribution in [2.75, 3.05) is 7.11 Å². The van der Waals surface area contributed by atoms with Gasteiger partial charge >= 0.3 is 11.9 Å². The van der Waals surface area contributed by atoms with Gasteiger partial charge in [-0.2, -0.15) is 4.99 Å². The lowest BCUT2D eigenvalue weighted by Crippen LogP contribution is -2.29. The van der Waals surface area contributed by atoms with Crippen molar-refractivity contribution >= 4 is 11.8 Å². The molecule has 6 nitrogen and oxygen atoms in total. The number of carbonyl (C=O) groups is 1. The van der Waals surface area contributed by atoms with Crippen LogP contribution < -0.4 is 0 Å². The van der Waals surface area contributed by atoms with Gasteiger partial charge in [0.1, 0.15) is 0 Å². The van der Waals surface area contributed by atoms with Crippen LogP contribution in [-0.4, -0.2) is 29.9 Å². The number of nitrogens with zero attached hydrogens (tertiary/aromatic N) is 2. The monoisotopic (exact) mass is 170 g/mol. The maximum Gasteiger partial charge on any atom is 0.327 e. The second kappa shape index (κ2) is 3.12. The molecule has 0 radical (unpaired) electrons. The van der Waals surface area contributed by atoms with Gasteiger partial charge < -0.3 is 4.74 Å². The van der Waals surface area contributed by atoms with E-state index in [1.807, 2.05) is 0 Å². The molecule has 1 aliphatic heterocycles. The molecule has 1 aliphatic rings. The quantitative estimate of drug-likeness (QED) is 0.402. The Labute approximate surface area is 67.7 Å². The van der Waals surface area contributed by atoms with Gasteiger partial charge in [-0.3, -0.25) is 14.9 Å². The zero-order valence-corrected chi connectivity index (χ0v) is 6.26. The highest BCUT2D eigenvalue weighted by atomic mass is 16.6. The molecule has 0 aliphatic carbocycles. The van der Waals surface area contributed by atoms with Gasteiger partial charge in [-0.05, 0) is 0 Å². The summed E-state index contributed by atoms with van der Waals surface area (Å²) in [5, 5.41) is 10.2. The summed E-state index contributed by atoms with van der Waals surface area (Å²) >= 11 is 0. The molecule has 0 bridgehead atoms. The van der Waals surface area contributed by atoms with Crippen LogP contribution in [0.25, 0.3) is 0 Å². The van der Waals surface area contributed by atoms with E-state index in [1.54, 1.807) is 0 Å². The lowest BCUT2D eigenvalue weighted by molar-refractivity contribution is -0.495. The fourth-order valence-electron chi connectivity index (χ4n) is 0.742. The standard InChI is InChI=1S/C6H6N2O4/c1-12-5-3-2-4(8(10)11)6(9)7-5/h2-4H,1H3. The summed E-state index contributed by atoms with van der Waals surface area (Å²) in [4.78, 5) is 23.7. The highest BCUT2D eigenvalue weighted by molar-refractivity contribution is 6.02. The molecular formula is C6H6N2O4. The maximum atomic E-state index is 10.8. The molecule has 1 rings (SSSR count). The molecule has 0 aromatic carbocycles. The van der Waals surface area contributed by atoms with E-state index in [9.17, 15) is 14.9 Å². The number of methoxy groups -OCH3 is 1. The third kappa shape index (κ3) is 1.47. The minimum atomic E-state index is -1.36. The van der Waals surface area contributed by atoms with E-state index in [0.29, 0.717) is 0 Å². The Hall–Kier alpha value is -1.72. The first-order chi connectivity index (χ1) is 5.65. The highest BCUT2D eigenvalue weighted by Crippen LogP contribution is 2.03. The van der Waals surface area contributed by atoms with Gasteiger partial charge in [0.05, 0.1) is 7.11 Å². The van der Waals surface area contributed by atoms with Crippen molar-refractivity contribution in [3.8, 4) is 0 Å². The van der Waals surface area contributed by atoms with E-state index in [0.717, 1.165) is 6.08 Å². The Bertz CT molecular complexity index is 281. The number of nitro groups is 1. The minimum absolute atomic E-state index is 0.0955. The van der Waals surface area contributed by atoms with Crippen LogP contribution in [0.15, 0.2) is 17.1 Å². The number of amides is 1. The van der Waals surface area contributed by atoms with Gasteiger partial charge in [-0.15, -0.1) is 0 Å². The van der Waals surface area contributed by atoms with Crippen molar-refractivity contribution in [1.29, 1.82) is 0 Å². The molecule has 6 heteroatoms. The van der Waals surface area contributed by atoms with E-state index in [4.69, 9.17) is 0 Å². The Morgan fingerprint density at radius 2 is 2.42 bits per heavy atom. The summed E-state index contributed by atoms with van der Waals surface area (Å²) in [5.41, 5.74) is 0. The third-order valence-electron chi connectivity index (χ3n) is 1.33. The summed E-state index contributed by atoms with van der Waals surface area (Å²) in [6.07, 6.45) is 2.45. The number of carbonyl (C=O) groups excluding carboxylic acids is 1. The molecule has 0 saturated carbocycles. The van der Waals surface area contributed by atoms with Crippen LogP contribution in [0.5, 0.6) is 0 Å². The average molecular weight is 170 g/mol. The smallest absolute Gasteiger partial charge is 0.327 e. The van der Waals surface area contributed by atoms with Crippen molar-refractivity contribution in [1.82, 2.24) is 0 Å². The van der Waals surface area contributed by atoms with Gasteiger partial charge in [-0.25, -0.2) is 0 Å². The normalized spacial score (nSPS) is 21.9. The van der Waals surface area contributed by atoms with Crippen molar-refractivity contribution in [2.24, 2.45) is 4.99 Å². The first kappa shape index (κ1) is 8.38. The van der Waals surface area contributed by atoms with Crippen molar-refractivity contribution < 1.29 is 14.5 Å². The Morgan fingerprint density at radius 1 is 1.75 bits per heavy atom. The van der Waals surface area contributed by atoms with Gasteiger partial charge in [0.25, 0.3) is 0 Å². The Kier molecular flexibility index (Phi) is 2.18. The van der Waals surface area contributed by atoms with Crippen LogP contribution in [0.4, 0.5) is 0 Å². The summed E-state index contributed by atoms with van der Waals surface area (Å²) in [5.74, 6) is -0.711. The van der Waals surface area contributed by atoms with Crippen molar-refractivity contribution in [3.05, 3.63) is 22.3 Å². The Balaban J connectivity index is 2.82. The number of ether oxygens (including phenoxy) is 1. The molecule has 0 saturated heterocycles. The summed E-state index contributed by atoms with van der Waals surface area (Å²) in [6.45, 7) is 0. The molecule has 64 valence electrons. The number of rotatable bonds is 1. The van der Waals surface area contributed by atoms with Crippen LogP contribution in [0.2, 0.25) is 0 Å². The molecule has 0 aromatic heterocycles. The van der Waals surface area contributed by atoms with Gasteiger partial charge in [-0.1, -0.05) is 0 Å². The topological polar surface area (TPSA) is 81.8 Å². The van der Waals surface area contributed by atoms with E-state index in [-0.39, 0.29) is 5.90 Å². The molecule has 12 heavy (non-hydrogen) atoms. The first-order valence-corrected chi connectivity index (χ1v) is 3.13. The predicted molar refractivity (Wildman–Crippen MR) is 39.4 cm³/mol. The van der Waals surface area contributed by atoms with Gasteiger partial charge in [0.15, 0.2) is 0 Å². The average Bonchev–Trinajstić information content (AvgIpc) is 2.03. The SMILES string of the molecule is COC1=NC(=O)C([N+](=O)[O-])C=C1. The van der Waals surface area contributed by atoms with Crippen molar-refractivity contribution in [3.63, 3.8) is 0 Å². The van der Waals surface area contributed by atoms with Gasteiger partial charge in [0.2, 0.25) is 5.90 Å². The van der Waals surface area contributed by atoms with Crippen molar-refractivity contribution in [2.45, 2.75) is 6.04 Å². The number of aliphatic imine (C=N–C) groups is 1. The minimum Gasteiger partial charge on any atom is -0.481 e. The van der Waals surface area contributed by atoms with E-state index < -0.39 is 16.9 Å². The maximum absolute atomic E-state index is 10.8. The zero-order valence-electron chi connectivity index (χ0n) is 6.26. The molecular weight excluding hydrogens is 164 g/mol. The molecule has 0 N–H and O–H groups in total. The first-order valence-electron chi connectivity index (χ1n) is 3.13. The van der Waals surface area contributed by atoms with E-state index in [2.05, 4.69) is 9.73 Å². The summed E-state index contributed by atoms with van der Waals surface area (Å²) in [6, 6.07) is -1.36. The van der Waals surface area contributed by atoms with Crippen LogP contribution in [0, 0.1) is 10.1 Å². The van der Waals surface area contributed by atoms with Crippen LogP contribution in [0.1, 0.15) is 0 Å². The van der Waals surface area contributed by atoms with Crippen LogP contribution in [-0.2, 0) is 9.53 Å². The fraction of sp³-hybridized carbons (Fsp3) is 0.333. The number of hydrogen-bond donors (Lipinski definition) is 0. The molecule has 1 amide bonds. The molecule has 1 unspecified atom stereocenters. The zero-order chi connectivity index (χ0) is 9.14. The van der Waals surface area contributed by atoms with Crippen LogP contribution >= 0.6 is 0 Å². The van der Waals surface area contributed by atoms with E-state index in [1.165, 1.54) is 13.2 Å². The molecule has 0 aromatic rings. The molecule has 0 fully saturated rings. The lowest BCUT2D eigenvalue weighted by atomic mass is 10.2. The Morgan fingerprint density at radius 3 is 2.83 bits per heavy atom. The van der Waals surface area contributed by atoms with E-state index >= 15 is 0 Å². The third-order valence-corrected chi connectivity index (χ3v) is 1.33. The van der Waals surface area contributed by atoms with Crippen LogP contribution in [0.3, 0.4) is 0 Å². The second-order valence-corrected chi connectivity index (χ2v) is 2.08. The number of dihydropyridines is 1. The fourth-order valence-corrected chi connectivity index (χ4v) is 0.742. The largest absolute Gasteiger partial charge is 0.481 e. The molecule has 1 heterocycles. The highest BCUT2D eigenvalue weighted by Gasteiger charge is 2.29. The lowest BCUT2D eigenvalue weighted by Gasteiger charge is -2.06.